The van der Waals surface area contributed by atoms with Crippen LogP contribution in [0.2, 0.25) is 0 Å². The Morgan fingerprint density at radius 2 is 2.18 bits per heavy atom. The summed E-state index contributed by atoms with van der Waals surface area (Å²) in [6.45, 7) is 5.59. The third-order valence-corrected chi connectivity index (χ3v) is 3.39. The molecule has 1 aliphatic rings. The molecule has 2 heteroatoms. The van der Waals surface area contributed by atoms with Crippen molar-refractivity contribution < 1.29 is 9.53 Å². The Morgan fingerprint density at radius 3 is 2.71 bits per heavy atom. The van der Waals surface area contributed by atoms with Crippen LogP contribution in [0, 0.1) is 18.3 Å². The zero-order valence-corrected chi connectivity index (χ0v) is 11.1. The smallest absolute Gasteiger partial charge is 0.304 e. The van der Waals surface area contributed by atoms with Crippen molar-refractivity contribution in [3.8, 4) is 12.3 Å². The zero-order valence-electron chi connectivity index (χ0n) is 11.1. The van der Waals surface area contributed by atoms with E-state index >= 15 is 0 Å². The number of hydrogen-bond acceptors (Lipinski definition) is 2. The lowest BCUT2D eigenvalue weighted by atomic mass is 9.74. The second-order valence-corrected chi connectivity index (χ2v) is 5.09. The summed E-state index contributed by atoms with van der Waals surface area (Å²) in [5, 5.41) is 0. The third kappa shape index (κ3) is 3.63. The molecule has 0 N–H and O–H groups in total. The largest absolute Gasteiger partial charge is 0.446 e. The number of esters is 1. The molecule has 0 saturated heterocycles. The number of terminal acetylenes is 1. The van der Waals surface area contributed by atoms with Gasteiger partial charge in [-0.05, 0) is 39.5 Å². The van der Waals surface area contributed by atoms with Crippen molar-refractivity contribution in [3.05, 3.63) is 11.6 Å². The molecule has 1 aliphatic carbocycles. The SMILES string of the molecule is C#C[C@]1(OC(C)=O)CCCC[C@@H]1CC=C(C)C. The minimum absolute atomic E-state index is 0.264. The maximum absolute atomic E-state index is 11.2. The molecule has 0 spiro atoms. The van der Waals surface area contributed by atoms with Crippen LogP contribution in [0.4, 0.5) is 0 Å². The summed E-state index contributed by atoms with van der Waals surface area (Å²) >= 11 is 0. The van der Waals surface area contributed by atoms with Gasteiger partial charge < -0.3 is 4.74 Å². The van der Waals surface area contributed by atoms with Crippen molar-refractivity contribution in [2.45, 2.75) is 58.5 Å². The van der Waals surface area contributed by atoms with Gasteiger partial charge in [0.25, 0.3) is 0 Å². The lowest BCUT2D eigenvalue weighted by Gasteiger charge is -2.39. The average Bonchev–Trinajstić information content (AvgIpc) is 2.26. The predicted octanol–water partition coefficient (Wildman–Crippen LogP) is 3.47. The highest BCUT2D eigenvalue weighted by Crippen LogP contribution is 2.39. The van der Waals surface area contributed by atoms with Crippen LogP contribution in [-0.4, -0.2) is 11.6 Å². The Kier molecular flexibility index (Phi) is 4.81. The van der Waals surface area contributed by atoms with E-state index in [9.17, 15) is 4.79 Å². The number of carbonyl (C=O) groups excluding carboxylic acids is 1. The zero-order chi connectivity index (χ0) is 12.9. The molecular weight excluding hydrogens is 212 g/mol. The summed E-state index contributed by atoms with van der Waals surface area (Å²) in [6.07, 6.45) is 12.8. The molecule has 94 valence electrons. The summed E-state index contributed by atoms with van der Waals surface area (Å²) in [4.78, 5) is 11.2. The van der Waals surface area contributed by atoms with Gasteiger partial charge in [-0.3, -0.25) is 4.79 Å². The lowest BCUT2D eigenvalue weighted by Crippen LogP contribution is -2.43. The molecule has 0 amide bonds. The summed E-state index contributed by atoms with van der Waals surface area (Å²) in [5.41, 5.74) is 0.611. The van der Waals surface area contributed by atoms with Crippen LogP contribution < -0.4 is 0 Å². The van der Waals surface area contributed by atoms with Gasteiger partial charge in [-0.1, -0.05) is 24.0 Å². The van der Waals surface area contributed by atoms with Crippen LogP contribution in [0.15, 0.2) is 11.6 Å². The first-order valence-electron chi connectivity index (χ1n) is 6.31. The molecule has 2 nitrogen and oxygen atoms in total. The minimum atomic E-state index is -0.671. The molecule has 0 aromatic heterocycles. The van der Waals surface area contributed by atoms with Gasteiger partial charge in [0.1, 0.15) is 0 Å². The molecule has 1 rings (SSSR count). The summed E-state index contributed by atoms with van der Waals surface area (Å²) in [7, 11) is 0. The molecule has 0 unspecified atom stereocenters. The fraction of sp³-hybridized carbons (Fsp3) is 0.667. The molecule has 0 aromatic rings. The van der Waals surface area contributed by atoms with E-state index in [1.54, 1.807) is 0 Å². The maximum Gasteiger partial charge on any atom is 0.304 e. The Bertz CT molecular complexity index is 344. The van der Waals surface area contributed by atoms with Crippen LogP contribution in [0.5, 0.6) is 0 Å². The van der Waals surface area contributed by atoms with Gasteiger partial charge in [0.15, 0.2) is 5.60 Å². The molecule has 0 aliphatic heterocycles. The van der Waals surface area contributed by atoms with Crippen LogP contribution in [0.3, 0.4) is 0 Å². The van der Waals surface area contributed by atoms with E-state index in [4.69, 9.17) is 11.2 Å². The molecule has 0 aromatic carbocycles. The third-order valence-electron chi connectivity index (χ3n) is 3.39. The maximum atomic E-state index is 11.2. The number of ether oxygens (including phenoxy) is 1. The van der Waals surface area contributed by atoms with E-state index in [1.165, 1.54) is 18.9 Å². The molecule has 0 radical (unpaired) electrons. The quantitative estimate of drug-likeness (QED) is 0.424. The molecule has 2 atom stereocenters. The van der Waals surface area contributed by atoms with Gasteiger partial charge in [0.05, 0.1) is 0 Å². The normalized spacial score (nSPS) is 28.0. The topological polar surface area (TPSA) is 26.3 Å². The highest BCUT2D eigenvalue weighted by Gasteiger charge is 2.41. The number of rotatable bonds is 3. The minimum Gasteiger partial charge on any atom is -0.446 e. The van der Waals surface area contributed by atoms with Crippen molar-refractivity contribution in [3.63, 3.8) is 0 Å². The van der Waals surface area contributed by atoms with E-state index in [2.05, 4.69) is 25.8 Å². The van der Waals surface area contributed by atoms with Gasteiger partial charge in [-0.2, -0.15) is 0 Å². The van der Waals surface area contributed by atoms with Crippen molar-refractivity contribution in [1.82, 2.24) is 0 Å². The highest BCUT2D eigenvalue weighted by atomic mass is 16.6. The molecular formula is C15H22O2. The first-order valence-corrected chi connectivity index (χ1v) is 6.31. The predicted molar refractivity (Wildman–Crippen MR) is 69.3 cm³/mol. The van der Waals surface area contributed by atoms with Gasteiger partial charge in [0.2, 0.25) is 0 Å². The second kappa shape index (κ2) is 5.91. The average molecular weight is 234 g/mol. The highest BCUT2D eigenvalue weighted by molar-refractivity contribution is 5.67. The Morgan fingerprint density at radius 1 is 1.47 bits per heavy atom. The Balaban J connectivity index is 2.85. The fourth-order valence-electron chi connectivity index (χ4n) is 2.51. The Hall–Kier alpha value is -1.23. The Labute approximate surface area is 104 Å². The molecule has 0 bridgehead atoms. The standard InChI is InChI=1S/C15H22O2/c1-5-15(17-13(4)16)11-7-6-8-14(15)10-9-12(2)3/h1,9,14H,6-8,10-11H2,2-4H3/t14-,15+/m1/s1. The van der Waals surface area contributed by atoms with Crippen molar-refractivity contribution >= 4 is 5.97 Å². The van der Waals surface area contributed by atoms with Crippen molar-refractivity contribution in [2.24, 2.45) is 5.92 Å². The van der Waals surface area contributed by atoms with Crippen molar-refractivity contribution in [2.75, 3.05) is 0 Å². The van der Waals surface area contributed by atoms with Crippen LogP contribution in [-0.2, 0) is 9.53 Å². The number of hydrogen-bond donors (Lipinski definition) is 0. The van der Waals surface area contributed by atoms with E-state index in [0.29, 0.717) is 0 Å². The number of carbonyl (C=O) groups is 1. The second-order valence-electron chi connectivity index (χ2n) is 5.09. The monoisotopic (exact) mass is 234 g/mol. The lowest BCUT2D eigenvalue weighted by molar-refractivity contribution is -0.158. The van der Waals surface area contributed by atoms with E-state index in [1.807, 2.05) is 0 Å². The van der Waals surface area contributed by atoms with Gasteiger partial charge >= 0.3 is 5.97 Å². The van der Waals surface area contributed by atoms with Crippen LogP contribution in [0.25, 0.3) is 0 Å². The summed E-state index contributed by atoms with van der Waals surface area (Å²) < 4.78 is 5.47. The fourth-order valence-corrected chi connectivity index (χ4v) is 2.51. The number of allylic oxidation sites excluding steroid dienone is 2. The first-order chi connectivity index (χ1) is 8.00. The molecule has 17 heavy (non-hydrogen) atoms. The van der Waals surface area contributed by atoms with Crippen LogP contribution in [0.1, 0.15) is 52.9 Å². The van der Waals surface area contributed by atoms with Gasteiger partial charge in [0, 0.05) is 12.8 Å². The molecule has 0 heterocycles. The summed E-state index contributed by atoms with van der Waals surface area (Å²) in [5.74, 6) is 2.74. The van der Waals surface area contributed by atoms with Crippen molar-refractivity contribution in [1.29, 1.82) is 0 Å². The van der Waals surface area contributed by atoms with Crippen LogP contribution >= 0.6 is 0 Å². The molecule has 1 fully saturated rings. The first kappa shape index (κ1) is 13.8. The van der Waals surface area contributed by atoms with E-state index in [0.717, 1.165) is 25.7 Å². The molecule has 1 saturated carbocycles. The van der Waals surface area contributed by atoms with E-state index in [-0.39, 0.29) is 11.9 Å². The van der Waals surface area contributed by atoms with Gasteiger partial charge in [-0.15, -0.1) is 6.42 Å². The summed E-state index contributed by atoms with van der Waals surface area (Å²) in [6, 6.07) is 0. The van der Waals surface area contributed by atoms with E-state index < -0.39 is 5.60 Å². The van der Waals surface area contributed by atoms with Gasteiger partial charge in [-0.25, -0.2) is 0 Å².